The SMILES string of the molecule is CC(C)CNC(=O)[C@@H](C)N(Cc1c(Cl)cccc1Cl)C(=O)CN(c1ccc(Cl)cc1Cl)S(=O)(=O)c1ccccc1. The van der Waals surface area contributed by atoms with Crippen LogP contribution in [0.4, 0.5) is 5.69 Å². The summed E-state index contributed by atoms with van der Waals surface area (Å²) in [5, 5.41) is 3.75. The van der Waals surface area contributed by atoms with Gasteiger partial charge in [-0.2, -0.15) is 0 Å². The Labute approximate surface area is 255 Å². The molecule has 0 aromatic heterocycles. The largest absolute Gasteiger partial charge is 0.354 e. The zero-order valence-electron chi connectivity index (χ0n) is 22.1. The highest BCUT2D eigenvalue weighted by atomic mass is 35.5. The van der Waals surface area contributed by atoms with Gasteiger partial charge in [0.25, 0.3) is 10.0 Å². The van der Waals surface area contributed by atoms with Crippen LogP contribution in [-0.4, -0.2) is 44.3 Å². The van der Waals surface area contributed by atoms with Gasteiger partial charge in [-0.15, -0.1) is 0 Å². The number of hydrogen-bond acceptors (Lipinski definition) is 4. The number of amides is 2. The average Bonchev–Trinajstić information content (AvgIpc) is 2.90. The molecule has 0 saturated heterocycles. The molecule has 12 heteroatoms. The summed E-state index contributed by atoms with van der Waals surface area (Å²) in [6.07, 6.45) is 0. The minimum absolute atomic E-state index is 0.0308. The Hall–Kier alpha value is -2.49. The highest BCUT2D eigenvalue weighted by molar-refractivity contribution is 7.92. The molecule has 0 bridgehead atoms. The van der Waals surface area contributed by atoms with Crippen molar-refractivity contribution in [3.05, 3.63) is 92.4 Å². The second-order valence-corrected chi connectivity index (χ2v) is 13.0. The van der Waals surface area contributed by atoms with Crippen molar-refractivity contribution in [3.8, 4) is 0 Å². The number of benzene rings is 3. The van der Waals surface area contributed by atoms with Crippen LogP contribution in [0, 0.1) is 5.92 Å². The van der Waals surface area contributed by atoms with Crippen LogP contribution in [0.5, 0.6) is 0 Å². The van der Waals surface area contributed by atoms with Gasteiger partial charge in [-0.1, -0.05) is 84.5 Å². The van der Waals surface area contributed by atoms with Gasteiger partial charge in [0.1, 0.15) is 12.6 Å². The van der Waals surface area contributed by atoms with Gasteiger partial charge >= 0.3 is 0 Å². The summed E-state index contributed by atoms with van der Waals surface area (Å²) in [4.78, 5) is 28.3. The second kappa shape index (κ2) is 13.9. The predicted octanol–water partition coefficient (Wildman–Crippen LogP) is 6.69. The lowest BCUT2D eigenvalue weighted by Crippen LogP contribution is -2.51. The van der Waals surface area contributed by atoms with E-state index in [-0.39, 0.29) is 28.1 Å². The van der Waals surface area contributed by atoms with Gasteiger partial charge in [-0.3, -0.25) is 13.9 Å². The number of anilines is 1. The molecule has 3 rings (SSSR count). The van der Waals surface area contributed by atoms with E-state index in [0.717, 1.165) is 4.31 Å². The number of rotatable bonds is 11. The smallest absolute Gasteiger partial charge is 0.264 e. The Morgan fingerprint density at radius 1 is 0.850 bits per heavy atom. The van der Waals surface area contributed by atoms with Gasteiger partial charge in [0, 0.05) is 33.7 Å². The van der Waals surface area contributed by atoms with Crippen molar-refractivity contribution in [2.24, 2.45) is 5.92 Å². The summed E-state index contributed by atoms with van der Waals surface area (Å²) in [5.74, 6) is -0.905. The summed E-state index contributed by atoms with van der Waals surface area (Å²) in [7, 11) is -4.27. The number of carbonyl (C=O) groups excluding carboxylic acids is 2. The molecule has 0 aliphatic heterocycles. The molecule has 40 heavy (non-hydrogen) atoms. The molecule has 3 aromatic rings. The molecule has 3 aromatic carbocycles. The van der Waals surface area contributed by atoms with Crippen LogP contribution >= 0.6 is 46.4 Å². The van der Waals surface area contributed by atoms with Crippen LogP contribution < -0.4 is 9.62 Å². The van der Waals surface area contributed by atoms with E-state index in [2.05, 4.69) is 5.32 Å². The van der Waals surface area contributed by atoms with E-state index in [1.807, 2.05) is 13.8 Å². The number of nitrogens with one attached hydrogen (secondary N) is 1. The van der Waals surface area contributed by atoms with E-state index in [1.54, 1.807) is 43.3 Å². The first kappa shape index (κ1) is 32.0. The van der Waals surface area contributed by atoms with Crippen molar-refractivity contribution >= 4 is 73.9 Å². The highest BCUT2D eigenvalue weighted by Gasteiger charge is 2.34. The topological polar surface area (TPSA) is 86.8 Å². The third kappa shape index (κ3) is 7.83. The van der Waals surface area contributed by atoms with Gasteiger partial charge in [0.05, 0.1) is 15.6 Å². The van der Waals surface area contributed by atoms with Crippen LogP contribution in [0.25, 0.3) is 0 Å². The fourth-order valence-electron chi connectivity index (χ4n) is 3.81. The monoisotopic (exact) mass is 643 g/mol. The van der Waals surface area contributed by atoms with E-state index in [0.29, 0.717) is 27.2 Å². The van der Waals surface area contributed by atoms with E-state index < -0.39 is 34.4 Å². The lowest BCUT2D eigenvalue weighted by Gasteiger charge is -2.32. The zero-order chi connectivity index (χ0) is 29.6. The molecule has 0 aliphatic rings. The van der Waals surface area contributed by atoms with Crippen LogP contribution in [0.15, 0.2) is 71.6 Å². The molecule has 0 aliphatic carbocycles. The van der Waals surface area contributed by atoms with Crippen LogP contribution in [-0.2, 0) is 26.2 Å². The Morgan fingerprint density at radius 3 is 2.05 bits per heavy atom. The maximum absolute atomic E-state index is 14.0. The van der Waals surface area contributed by atoms with Crippen molar-refractivity contribution in [1.29, 1.82) is 0 Å². The first-order valence-electron chi connectivity index (χ1n) is 12.4. The number of carbonyl (C=O) groups is 2. The number of sulfonamides is 1. The number of hydrogen-bond donors (Lipinski definition) is 1. The minimum Gasteiger partial charge on any atom is -0.354 e. The van der Waals surface area contributed by atoms with Crippen LogP contribution in [0.3, 0.4) is 0 Å². The number of nitrogens with zero attached hydrogens (tertiary/aromatic N) is 2. The molecule has 0 unspecified atom stereocenters. The van der Waals surface area contributed by atoms with Crippen molar-refractivity contribution in [3.63, 3.8) is 0 Å². The Balaban J connectivity index is 2.07. The molecule has 0 saturated carbocycles. The third-order valence-corrected chi connectivity index (χ3v) is 9.05. The molecule has 214 valence electrons. The fraction of sp³-hybridized carbons (Fsp3) is 0.286. The predicted molar refractivity (Wildman–Crippen MR) is 162 cm³/mol. The van der Waals surface area contributed by atoms with Gasteiger partial charge in [-0.25, -0.2) is 8.42 Å². The maximum atomic E-state index is 14.0. The van der Waals surface area contributed by atoms with Gasteiger partial charge in [0.15, 0.2) is 0 Å². The van der Waals surface area contributed by atoms with Gasteiger partial charge < -0.3 is 10.2 Å². The second-order valence-electron chi connectivity index (χ2n) is 9.46. The van der Waals surface area contributed by atoms with E-state index in [1.165, 1.54) is 35.2 Å². The minimum atomic E-state index is -4.27. The quantitative estimate of drug-likeness (QED) is 0.252. The molecular weight excluding hydrogens is 616 g/mol. The molecule has 7 nitrogen and oxygen atoms in total. The normalized spacial score (nSPS) is 12.2. The van der Waals surface area contributed by atoms with Gasteiger partial charge in [0.2, 0.25) is 11.8 Å². The Bertz CT molecular complexity index is 1450. The lowest BCUT2D eigenvalue weighted by atomic mass is 10.1. The molecule has 0 radical (unpaired) electrons. The summed E-state index contributed by atoms with van der Waals surface area (Å²) < 4.78 is 28.5. The zero-order valence-corrected chi connectivity index (χ0v) is 25.9. The molecular formula is C28H29Cl4N3O4S. The van der Waals surface area contributed by atoms with Gasteiger partial charge in [-0.05, 0) is 55.3 Å². The lowest BCUT2D eigenvalue weighted by molar-refractivity contribution is -0.139. The average molecular weight is 645 g/mol. The van der Waals surface area contributed by atoms with Crippen molar-refractivity contribution < 1.29 is 18.0 Å². The summed E-state index contributed by atoms with van der Waals surface area (Å²) in [6.45, 7) is 5.04. The molecule has 0 heterocycles. The summed E-state index contributed by atoms with van der Waals surface area (Å²) >= 11 is 25.3. The van der Waals surface area contributed by atoms with E-state index in [9.17, 15) is 18.0 Å². The first-order chi connectivity index (χ1) is 18.8. The first-order valence-corrected chi connectivity index (χ1v) is 15.3. The van der Waals surface area contributed by atoms with E-state index >= 15 is 0 Å². The Morgan fingerprint density at radius 2 is 1.48 bits per heavy atom. The van der Waals surface area contributed by atoms with Crippen LogP contribution in [0.2, 0.25) is 20.1 Å². The fourth-order valence-corrected chi connectivity index (χ4v) is 6.34. The molecule has 2 amide bonds. The summed E-state index contributed by atoms with van der Waals surface area (Å²) in [6, 6.07) is 15.9. The molecule has 0 fully saturated rings. The van der Waals surface area contributed by atoms with E-state index in [4.69, 9.17) is 46.4 Å². The Kier molecular flexibility index (Phi) is 11.1. The molecule has 1 N–H and O–H groups in total. The van der Waals surface area contributed by atoms with Crippen LogP contribution in [0.1, 0.15) is 26.3 Å². The van der Waals surface area contributed by atoms with Crippen molar-refractivity contribution in [1.82, 2.24) is 10.2 Å². The molecule has 0 spiro atoms. The van der Waals surface area contributed by atoms with Crippen molar-refractivity contribution in [2.75, 3.05) is 17.4 Å². The molecule has 1 atom stereocenters. The van der Waals surface area contributed by atoms with Crippen molar-refractivity contribution in [2.45, 2.75) is 38.3 Å². The standard InChI is InChI=1S/C28H29Cl4N3O4S/c1-18(2)15-33-28(37)19(3)34(16-22-23(30)10-7-11-24(22)31)27(36)17-35(26-13-12-20(29)14-25(26)32)40(38,39)21-8-5-4-6-9-21/h4-14,18-19H,15-17H2,1-3H3,(H,33,37)/t19-/m1/s1. The summed E-state index contributed by atoms with van der Waals surface area (Å²) in [5.41, 5.74) is 0.473. The highest BCUT2D eigenvalue weighted by Crippen LogP contribution is 2.33. The number of halogens is 4. The maximum Gasteiger partial charge on any atom is 0.264 e. The third-order valence-electron chi connectivity index (χ3n) is 6.03.